The number of carbonyl (C=O) groups is 3. The lowest BCUT2D eigenvalue weighted by Gasteiger charge is -2.32. The molecule has 0 radical (unpaired) electrons. The van der Waals surface area contributed by atoms with Crippen LogP contribution in [-0.4, -0.2) is 54.0 Å². The van der Waals surface area contributed by atoms with Gasteiger partial charge in [-0.05, 0) is 69.3 Å². The van der Waals surface area contributed by atoms with Crippen LogP contribution in [0.5, 0.6) is 0 Å². The van der Waals surface area contributed by atoms with Gasteiger partial charge in [-0.3, -0.25) is 9.59 Å². The summed E-state index contributed by atoms with van der Waals surface area (Å²) >= 11 is 0. The number of rotatable bonds is 6. The highest BCUT2D eigenvalue weighted by molar-refractivity contribution is 5.95. The molecular formula is C21H29N3O4. The molecule has 28 heavy (non-hydrogen) atoms. The summed E-state index contributed by atoms with van der Waals surface area (Å²) in [5, 5.41) is 15.2. The van der Waals surface area contributed by atoms with Gasteiger partial charge in [0.05, 0.1) is 11.5 Å². The van der Waals surface area contributed by atoms with Gasteiger partial charge >= 0.3 is 5.97 Å². The van der Waals surface area contributed by atoms with Gasteiger partial charge in [0.2, 0.25) is 11.8 Å². The van der Waals surface area contributed by atoms with E-state index in [2.05, 4.69) is 10.6 Å². The molecule has 1 aromatic rings. The molecule has 2 fully saturated rings. The van der Waals surface area contributed by atoms with Crippen molar-refractivity contribution in [2.75, 3.05) is 31.5 Å². The number of aromatic carboxylic acids is 1. The molecule has 1 unspecified atom stereocenters. The number of nitrogens with one attached hydrogen (secondary N) is 2. The molecule has 3 N–H and O–H groups in total. The molecule has 0 aromatic heterocycles. The van der Waals surface area contributed by atoms with Crippen LogP contribution in [0.15, 0.2) is 24.3 Å². The van der Waals surface area contributed by atoms with Crippen molar-refractivity contribution in [1.29, 1.82) is 0 Å². The summed E-state index contributed by atoms with van der Waals surface area (Å²) in [6.45, 7) is 3.22. The van der Waals surface area contributed by atoms with E-state index in [1.807, 2.05) is 4.90 Å². The van der Waals surface area contributed by atoms with Crippen molar-refractivity contribution in [3.8, 4) is 0 Å². The summed E-state index contributed by atoms with van der Waals surface area (Å²) < 4.78 is 0. The van der Waals surface area contributed by atoms with Crippen molar-refractivity contribution >= 4 is 23.5 Å². The second-order valence-corrected chi connectivity index (χ2v) is 7.79. The van der Waals surface area contributed by atoms with Crippen LogP contribution < -0.4 is 10.6 Å². The minimum atomic E-state index is -1.03. The standard InChI is InChI=1S/C21H29N3O4/c25-19(7-6-15-8-10-22-11-9-15)24-12-2-4-17(14-24)20(26)23-18-5-1-3-16(13-18)21(27)28/h1,3,5,13,15,17,22H,2,4,6-12,14H2,(H,23,26)(H,27,28). The predicted molar refractivity (Wildman–Crippen MR) is 106 cm³/mol. The van der Waals surface area contributed by atoms with Crippen LogP contribution in [0.2, 0.25) is 0 Å². The first-order chi connectivity index (χ1) is 13.5. The Morgan fingerprint density at radius 3 is 2.71 bits per heavy atom. The van der Waals surface area contributed by atoms with Crippen LogP contribution >= 0.6 is 0 Å². The molecule has 0 saturated carbocycles. The van der Waals surface area contributed by atoms with E-state index in [-0.39, 0.29) is 23.3 Å². The fourth-order valence-electron chi connectivity index (χ4n) is 4.05. The molecule has 152 valence electrons. The second kappa shape index (κ2) is 9.68. The summed E-state index contributed by atoms with van der Waals surface area (Å²) in [5.74, 6) is -0.678. The molecule has 1 aromatic carbocycles. The molecule has 2 aliphatic rings. The lowest BCUT2D eigenvalue weighted by Crippen LogP contribution is -2.44. The highest BCUT2D eigenvalue weighted by Gasteiger charge is 2.28. The van der Waals surface area contributed by atoms with E-state index < -0.39 is 5.97 Å². The van der Waals surface area contributed by atoms with Crippen molar-refractivity contribution in [2.24, 2.45) is 11.8 Å². The van der Waals surface area contributed by atoms with Crippen LogP contribution in [-0.2, 0) is 9.59 Å². The van der Waals surface area contributed by atoms with Crippen molar-refractivity contribution in [3.63, 3.8) is 0 Å². The number of carboxylic acid groups (broad SMARTS) is 1. The Labute approximate surface area is 165 Å². The third-order valence-electron chi connectivity index (χ3n) is 5.75. The van der Waals surface area contributed by atoms with E-state index in [1.54, 1.807) is 12.1 Å². The molecule has 7 heteroatoms. The molecule has 0 bridgehead atoms. The Balaban J connectivity index is 1.50. The van der Waals surface area contributed by atoms with Crippen molar-refractivity contribution in [1.82, 2.24) is 10.2 Å². The third kappa shape index (κ3) is 5.55. The van der Waals surface area contributed by atoms with Gasteiger partial charge < -0.3 is 20.6 Å². The van der Waals surface area contributed by atoms with Crippen molar-refractivity contribution < 1.29 is 19.5 Å². The second-order valence-electron chi connectivity index (χ2n) is 7.79. The lowest BCUT2D eigenvalue weighted by molar-refractivity contribution is -0.134. The van der Waals surface area contributed by atoms with Crippen LogP contribution in [0.4, 0.5) is 5.69 Å². The van der Waals surface area contributed by atoms with Gasteiger partial charge in [-0.2, -0.15) is 0 Å². The number of carbonyl (C=O) groups excluding carboxylic acids is 2. The molecule has 1 atom stereocenters. The monoisotopic (exact) mass is 387 g/mol. The zero-order valence-electron chi connectivity index (χ0n) is 16.2. The molecule has 2 saturated heterocycles. The van der Waals surface area contributed by atoms with Crippen LogP contribution in [0.25, 0.3) is 0 Å². The molecule has 7 nitrogen and oxygen atoms in total. The Bertz CT molecular complexity index is 715. The van der Waals surface area contributed by atoms with Crippen LogP contribution in [0, 0.1) is 11.8 Å². The summed E-state index contributed by atoms with van der Waals surface area (Å²) in [5.41, 5.74) is 0.607. The first kappa shape index (κ1) is 20.3. The normalized spacial score (nSPS) is 20.6. The Hall–Kier alpha value is -2.41. The van der Waals surface area contributed by atoms with Gasteiger partial charge in [-0.1, -0.05) is 6.07 Å². The smallest absolute Gasteiger partial charge is 0.335 e. The minimum Gasteiger partial charge on any atom is -0.478 e. The fraction of sp³-hybridized carbons (Fsp3) is 0.571. The topological polar surface area (TPSA) is 98.7 Å². The van der Waals surface area contributed by atoms with E-state index in [0.29, 0.717) is 31.1 Å². The van der Waals surface area contributed by atoms with E-state index in [9.17, 15) is 14.4 Å². The van der Waals surface area contributed by atoms with E-state index in [0.717, 1.165) is 45.2 Å². The molecule has 2 aliphatic heterocycles. The highest BCUT2D eigenvalue weighted by Crippen LogP contribution is 2.22. The Morgan fingerprint density at radius 2 is 1.96 bits per heavy atom. The average Bonchev–Trinajstić information content (AvgIpc) is 2.73. The number of likely N-dealkylation sites (tertiary alicyclic amines) is 1. The number of nitrogens with zero attached hydrogens (tertiary/aromatic N) is 1. The third-order valence-corrected chi connectivity index (χ3v) is 5.75. The maximum atomic E-state index is 12.6. The largest absolute Gasteiger partial charge is 0.478 e. The van der Waals surface area contributed by atoms with Crippen LogP contribution in [0.3, 0.4) is 0 Å². The Kier molecular flexibility index (Phi) is 7.03. The summed E-state index contributed by atoms with van der Waals surface area (Å²) in [4.78, 5) is 38.1. The highest BCUT2D eigenvalue weighted by atomic mass is 16.4. The quantitative estimate of drug-likeness (QED) is 0.696. The van der Waals surface area contributed by atoms with E-state index >= 15 is 0 Å². The SMILES string of the molecule is O=C(O)c1cccc(NC(=O)C2CCCN(C(=O)CCC3CCNCC3)C2)c1. The lowest BCUT2D eigenvalue weighted by atomic mass is 9.92. The minimum absolute atomic E-state index is 0.135. The van der Waals surface area contributed by atoms with Gasteiger partial charge in [-0.25, -0.2) is 4.79 Å². The summed E-state index contributed by atoms with van der Waals surface area (Å²) in [6.07, 6.45) is 5.30. The van der Waals surface area contributed by atoms with E-state index in [1.165, 1.54) is 12.1 Å². The number of amides is 2. The molecular weight excluding hydrogens is 358 g/mol. The van der Waals surface area contributed by atoms with Gasteiger partial charge in [-0.15, -0.1) is 0 Å². The number of hydrogen-bond donors (Lipinski definition) is 3. The van der Waals surface area contributed by atoms with Gasteiger partial charge in [0.1, 0.15) is 0 Å². The maximum absolute atomic E-state index is 12.6. The molecule has 0 spiro atoms. The zero-order chi connectivity index (χ0) is 19.9. The van der Waals surface area contributed by atoms with Gasteiger partial charge in [0.15, 0.2) is 0 Å². The van der Waals surface area contributed by atoms with E-state index in [4.69, 9.17) is 5.11 Å². The maximum Gasteiger partial charge on any atom is 0.335 e. The predicted octanol–water partition coefficient (Wildman–Crippen LogP) is 2.34. The first-order valence-corrected chi connectivity index (χ1v) is 10.2. The molecule has 3 rings (SSSR count). The van der Waals surface area contributed by atoms with Crippen molar-refractivity contribution in [2.45, 2.75) is 38.5 Å². The fourth-order valence-corrected chi connectivity index (χ4v) is 4.05. The number of anilines is 1. The van der Waals surface area contributed by atoms with Crippen LogP contribution in [0.1, 0.15) is 48.9 Å². The van der Waals surface area contributed by atoms with Gasteiger partial charge in [0.25, 0.3) is 0 Å². The zero-order valence-corrected chi connectivity index (χ0v) is 16.2. The summed E-state index contributed by atoms with van der Waals surface area (Å²) in [7, 11) is 0. The number of carboxylic acids is 1. The Morgan fingerprint density at radius 1 is 1.18 bits per heavy atom. The van der Waals surface area contributed by atoms with Gasteiger partial charge in [0, 0.05) is 25.2 Å². The first-order valence-electron chi connectivity index (χ1n) is 10.2. The van der Waals surface area contributed by atoms with Crippen molar-refractivity contribution in [3.05, 3.63) is 29.8 Å². The average molecular weight is 387 g/mol. The summed E-state index contributed by atoms with van der Waals surface area (Å²) in [6, 6.07) is 6.22. The molecule has 2 heterocycles. The molecule has 2 amide bonds. The number of benzene rings is 1. The molecule has 0 aliphatic carbocycles. The number of hydrogen-bond acceptors (Lipinski definition) is 4. The number of piperidine rings is 2.